The lowest BCUT2D eigenvalue weighted by molar-refractivity contribution is 0.615. The van der Waals surface area contributed by atoms with Crippen LogP contribution in [0.1, 0.15) is 18.1 Å². The van der Waals surface area contributed by atoms with Crippen LogP contribution in [0.15, 0.2) is 42.5 Å². The SMILES string of the molecule is CC1(S)c2ccccc2-c2ccc([B]O)cc21. The molecule has 1 N–H and O–H groups in total. The van der Waals surface area contributed by atoms with E-state index in [0.29, 0.717) is 0 Å². The summed E-state index contributed by atoms with van der Waals surface area (Å²) in [7, 11) is 1.13. The topological polar surface area (TPSA) is 20.2 Å². The minimum absolute atomic E-state index is 0.287. The normalized spacial score (nSPS) is 20.9. The minimum atomic E-state index is -0.287. The van der Waals surface area contributed by atoms with Crippen molar-refractivity contribution in [3.8, 4) is 11.1 Å². The first-order chi connectivity index (χ1) is 8.14. The molecule has 3 rings (SSSR count). The zero-order chi connectivity index (χ0) is 12.0. The average molecular weight is 239 g/mol. The van der Waals surface area contributed by atoms with Gasteiger partial charge in [-0.3, -0.25) is 0 Å². The fourth-order valence-electron chi connectivity index (χ4n) is 2.57. The van der Waals surface area contributed by atoms with Crippen molar-refractivity contribution in [2.75, 3.05) is 0 Å². The van der Waals surface area contributed by atoms with Crippen molar-refractivity contribution in [3.63, 3.8) is 0 Å². The predicted octanol–water partition coefficient (Wildman–Crippen LogP) is 2.10. The number of hydrogen-bond donors (Lipinski definition) is 2. The van der Waals surface area contributed by atoms with Crippen molar-refractivity contribution >= 4 is 25.6 Å². The third-order valence-corrected chi connectivity index (χ3v) is 3.94. The van der Waals surface area contributed by atoms with Crippen molar-refractivity contribution < 1.29 is 5.02 Å². The lowest BCUT2D eigenvalue weighted by atomic mass is 9.85. The highest BCUT2D eigenvalue weighted by Gasteiger charge is 2.35. The van der Waals surface area contributed by atoms with Gasteiger partial charge in [-0.1, -0.05) is 47.9 Å². The standard InChI is InChI=1S/C14H12BOS/c1-14(17)12-5-3-2-4-10(12)11-7-6-9(15-16)8-13(11)14/h2-8,16-17H,1H3. The van der Waals surface area contributed by atoms with Gasteiger partial charge in [-0.2, -0.15) is 12.6 Å². The van der Waals surface area contributed by atoms with Crippen LogP contribution >= 0.6 is 12.6 Å². The quantitative estimate of drug-likeness (QED) is 0.576. The van der Waals surface area contributed by atoms with Gasteiger partial charge in [-0.05, 0) is 29.2 Å². The maximum atomic E-state index is 9.11. The molecule has 1 unspecified atom stereocenters. The van der Waals surface area contributed by atoms with Gasteiger partial charge in [0.2, 0.25) is 0 Å². The molecule has 1 nitrogen and oxygen atoms in total. The summed E-state index contributed by atoms with van der Waals surface area (Å²) < 4.78 is -0.287. The Morgan fingerprint density at radius 1 is 1.06 bits per heavy atom. The van der Waals surface area contributed by atoms with Crippen molar-refractivity contribution in [1.82, 2.24) is 0 Å². The van der Waals surface area contributed by atoms with Crippen molar-refractivity contribution in [3.05, 3.63) is 53.6 Å². The Hall–Kier alpha value is -1.19. The van der Waals surface area contributed by atoms with E-state index < -0.39 is 0 Å². The molecule has 3 heteroatoms. The van der Waals surface area contributed by atoms with E-state index in [1.807, 2.05) is 24.3 Å². The number of hydrogen-bond acceptors (Lipinski definition) is 2. The lowest BCUT2D eigenvalue weighted by Crippen LogP contribution is -2.18. The number of thiol groups is 1. The summed E-state index contributed by atoms with van der Waals surface area (Å²) in [6.45, 7) is 2.10. The molecule has 1 aliphatic carbocycles. The largest absolute Gasteiger partial charge is 0.450 e. The summed E-state index contributed by atoms with van der Waals surface area (Å²) >= 11 is 4.80. The van der Waals surface area contributed by atoms with E-state index >= 15 is 0 Å². The zero-order valence-corrected chi connectivity index (χ0v) is 10.4. The van der Waals surface area contributed by atoms with E-state index in [1.165, 1.54) is 16.7 Å². The molecule has 0 aromatic heterocycles. The van der Waals surface area contributed by atoms with E-state index in [2.05, 4.69) is 25.1 Å². The van der Waals surface area contributed by atoms with Crippen molar-refractivity contribution in [1.29, 1.82) is 0 Å². The fourth-order valence-corrected chi connectivity index (χ4v) is 2.95. The average Bonchev–Trinajstić information content (AvgIpc) is 2.59. The Morgan fingerprint density at radius 3 is 2.53 bits per heavy atom. The van der Waals surface area contributed by atoms with Gasteiger partial charge < -0.3 is 5.02 Å². The highest BCUT2D eigenvalue weighted by molar-refractivity contribution is 7.81. The van der Waals surface area contributed by atoms with E-state index in [0.717, 1.165) is 18.5 Å². The van der Waals surface area contributed by atoms with Gasteiger partial charge in [-0.25, -0.2) is 0 Å². The second kappa shape index (κ2) is 3.65. The van der Waals surface area contributed by atoms with Crippen LogP contribution in [0.2, 0.25) is 0 Å². The van der Waals surface area contributed by atoms with Gasteiger partial charge in [0, 0.05) is 0 Å². The maximum Gasteiger partial charge on any atom is 0.326 e. The van der Waals surface area contributed by atoms with Crippen LogP contribution in [-0.4, -0.2) is 12.5 Å². The zero-order valence-electron chi connectivity index (χ0n) is 9.51. The van der Waals surface area contributed by atoms with Gasteiger partial charge >= 0.3 is 7.48 Å². The van der Waals surface area contributed by atoms with Gasteiger partial charge in [0.15, 0.2) is 0 Å². The minimum Gasteiger partial charge on any atom is -0.450 e. The Morgan fingerprint density at radius 2 is 1.76 bits per heavy atom. The van der Waals surface area contributed by atoms with Gasteiger partial charge in [0.25, 0.3) is 0 Å². The highest BCUT2D eigenvalue weighted by atomic mass is 32.1. The molecular formula is C14H12BOS. The predicted molar refractivity (Wildman–Crippen MR) is 74.9 cm³/mol. The number of fused-ring (bicyclic) bond motifs is 3. The maximum absolute atomic E-state index is 9.11. The van der Waals surface area contributed by atoms with Crippen molar-refractivity contribution in [2.45, 2.75) is 11.7 Å². The van der Waals surface area contributed by atoms with Crippen LogP contribution in [0.25, 0.3) is 11.1 Å². The first kappa shape index (κ1) is 10.9. The molecule has 0 fully saturated rings. The van der Waals surface area contributed by atoms with Crippen LogP contribution in [0, 0.1) is 0 Å². The fraction of sp³-hybridized carbons (Fsp3) is 0.143. The van der Waals surface area contributed by atoms with Crippen LogP contribution < -0.4 is 5.46 Å². The monoisotopic (exact) mass is 239 g/mol. The highest BCUT2D eigenvalue weighted by Crippen LogP contribution is 2.50. The van der Waals surface area contributed by atoms with E-state index in [1.54, 1.807) is 0 Å². The van der Waals surface area contributed by atoms with Gasteiger partial charge in [0.05, 0.1) is 4.75 Å². The second-order valence-electron chi connectivity index (χ2n) is 4.55. The molecule has 1 atom stereocenters. The van der Waals surface area contributed by atoms with Crippen LogP contribution in [0.4, 0.5) is 0 Å². The smallest absolute Gasteiger partial charge is 0.326 e. The lowest BCUT2D eigenvalue weighted by Gasteiger charge is -2.20. The van der Waals surface area contributed by atoms with Gasteiger partial charge in [0.1, 0.15) is 0 Å². The Bertz CT molecular complexity index is 593. The van der Waals surface area contributed by atoms with Crippen molar-refractivity contribution in [2.24, 2.45) is 0 Å². The third kappa shape index (κ3) is 1.46. The molecule has 1 aliphatic rings. The molecular weight excluding hydrogens is 227 g/mol. The summed E-state index contributed by atoms with van der Waals surface area (Å²) in [5.41, 5.74) is 5.66. The molecule has 83 valence electrons. The summed E-state index contributed by atoms with van der Waals surface area (Å²) in [5, 5.41) is 9.11. The molecule has 0 bridgehead atoms. The van der Waals surface area contributed by atoms with Crippen LogP contribution in [0.3, 0.4) is 0 Å². The summed E-state index contributed by atoms with van der Waals surface area (Å²) in [5.74, 6) is 0. The summed E-state index contributed by atoms with van der Waals surface area (Å²) in [4.78, 5) is 0. The molecule has 0 saturated heterocycles. The van der Waals surface area contributed by atoms with Gasteiger partial charge in [-0.15, -0.1) is 0 Å². The molecule has 17 heavy (non-hydrogen) atoms. The second-order valence-corrected chi connectivity index (χ2v) is 5.45. The molecule has 0 aliphatic heterocycles. The Balaban J connectivity index is 2.32. The molecule has 0 saturated carbocycles. The summed E-state index contributed by atoms with van der Waals surface area (Å²) in [6.07, 6.45) is 0. The van der Waals surface area contributed by atoms with E-state index in [9.17, 15) is 0 Å². The number of benzene rings is 2. The third-order valence-electron chi connectivity index (χ3n) is 3.46. The van der Waals surface area contributed by atoms with E-state index in [-0.39, 0.29) is 4.75 Å². The Labute approximate surface area is 107 Å². The molecule has 0 spiro atoms. The summed E-state index contributed by atoms with van der Waals surface area (Å²) in [6, 6.07) is 14.3. The molecule has 0 amide bonds. The molecule has 2 aromatic carbocycles. The van der Waals surface area contributed by atoms with Crippen LogP contribution in [-0.2, 0) is 4.75 Å². The molecule has 2 aromatic rings. The molecule has 1 radical (unpaired) electrons. The Kier molecular flexibility index (Phi) is 2.35. The van der Waals surface area contributed by atoms with E-state index in [4.69, 9.17) is 17.7 Å². The van der Waals surface area contributed by atoms with Crippen LogP contribution in [0.5, 0.6) is 0 Å². The first-order valence-electron chi connectivity index (χ1n) is 5.59. The number of rotatable bonds is 1. The molecule has 0 heterocycles. The first-order valence-corrected chi connectivity index (χ1v) is 6.03.